The van der Waals surface area contributed by atoms with Crippen LogP contribution in [0.25, 0.3) is 10.9 Å². The molecule has 0 aliphatic rings. The number of rotatable bonds is 11. The van der Waals surface area contributed by atoms with Crippen LogP contribution >= 0.6 is 23.2 Å². The predicted molar refractivity (Wildman–Crippen MR) is 113 cm³/mol. The van der Waals surface area contributed by atoms with Crippen molar-refractivity contribution in [1.29, 1.82) is 0 Å². The van der Waals surface area contributed by atoms with Crippen LogP contribution in [0, 0.1) is 0 Å². The van der Waals surface area contributed by atoms with E-state index in [1.807, 2.05) is 35.4 Å². The summed E-state index contributed by atoms with van der Waals surface area (Å²) in [6.45, 7) is 3.14. The minimum atomic E-state index is -0.786. The highest BCUT2D eigenvalue weighted by Gasteiger charge is 2.23. The number of benzene rings is 1. The van der Waals surface area contributed by atoms with Crippen molar-refractivity contribution in [2.45, 2.75) is 19.4 Å². The molecule has 0 radical (unpaired) electrons. The number of aromatic amines is 1. The number of alkyl halides is 2. The molecule has 152 valence electrons. The van der Waals surface area contributed by atoms with Crippen LogP contribution in [-0.2, 0) is 20.7 Å². The number of ether oxygens (including phenoxy) is 1. The van der Waals surface area contributed by atoms with Gasteiger partial charge >= 0.3 is 5.97 Å². The van der Waals surface area contributed by atoms with E-state index in [1.165, 1.54) is 6.08 Å². The molecule has 1 heterocycles. The molecule has 0 saturated heterocycles. The maximum absolute atomic E-state index is 12.4. The molecule has 0 fully saturated rings. The van der Waals surface area contributed by atoms with E-state index >= 15 is 0 Å². The number of H-pyrrole nitrogens is 1. The molecule has 1 unspecified atom stereocenters. The third-order valence-electron chi connectivity index (χ3n) is 4.17. The average Bonchev–Trinajstić information content (AvgIpc) is 3.09. The van der Waals surface area contributed by atoms with E-state index in [0.717, 1.165) is 16.5 Å². The fraction of sp³-hybridized carbons (Fsp3) is 0.400. The van der Waals surface area contributed by atoms with Crippen LogP contribution in [0.4, 0.5) is 0 Å². The van der Waals surface area contributed by atoms with Crippen LogP contribution < -0.4 is 5.32 Å². The summed E-state index contributed by atoms with van der Waals surface area (Å²) >= 11 is 11.5. The first-order chi connectivity index (χ1) is 13.6. The van der Waals surface area contributed by atoms with E-state index < -0.39 is 12.0 Å². The highest BCUT2D eigenvalue weighted by molar-refractivity contribution is 6.18. The molecule has 0 spiro atoms. The van der Waals surface area contributed by atoms with Crippen LogP contribution in [0.1, 0.15) is 12.5 Å². The SMILES string of the molecule is CCOC(=O)C(Cc1c[nH]c2ccccc12)NC(=O)/C=C/N(CCCl)CCCl. The zero-order valence-corrected chi connectivity index (χ0v) is 17.3. The fourth-order valence-electron chi connectivity index (χ4n) is 2.83. The quantitative estimate of drug-likeness (QED) is 0.329. The van der Waals surface area contributed by atoms with Gasteiger partial charge in [0.05, 0.1) is 6.61 Å². The number of fused-ring (bicyclic) bond motifs is 1. The van der Waals surface area contributed by atoms with Gasteiger partial charge in [0.25, 0.3) is 0 Å². The lowest BCUT2D eigenvalue weighted by Gasteiger charge is -2.18. The average molecular weight is 426 g/mol. The maximum atomic E-state index is 12.4. The molecule has 1 aromatic carbocycles. The topological polar surface area (TPSA) is 74.4 Å². The van der Waals surface area contributed by atoms with Gasteiger partial charge in [-0.1, -0.05) is 18.2 Å². The van der Waals surface area contributed by atoms with Gasteiger partial charge in [-0.05, 0) is 18.6 Å². The minimum Gasteiger partial charge on any atom is -0.464 e. The smallest absolute Gasteiger partial charge is 0.328 e. The van der Waals surface area contributed by atoms with E-state index in [-0.39, 0.29) is 12.5 Å². The van der Waals surface area contributed by atoms with Crippen LogP contribution in [0.2, 0.25) is 0 Å². The van der Waals surface area contributed by atoms with E-state index in [1.54, 1.807) is 13.1 Å². The van der Waals surface area contributed by atoms with Gasteiger partial charge in [0.1, 0.15) is 6.04 Å². The van der Waals surface area contributed by atoms with Gasteiger partial charge in [0, 0.05) is 60.6 Å². The summed E-state index contributed by atoms with van der Waals surface area (Å²) in [5, 5.41) is 3.75. The summed E-state index contributed by atoms with van der Waals surface area (Å²) in [4.78, 5) is 29.7. The van der Waals surface area contributed by atoms with Gasteiger partial charge < -0.3 is 19.9 Å². The number of hydrogen-bond acceptors (Lipinski definition) is 4. The Balaban J connectivity index is 2.10. The molecule has 2 N–H and O–H groups in total. The Kier molecular flexibility index (Phi) is 9.17. The number of aromatic nitrogens is 1. The van der Waals surface area contributed by atoms with Gasteiger partial charge in [-0.2, -0.15) is 0 Å². The lowest BCUT2D eigenvalue weighted by Crippen LogP contribution is -2.42. The van der Waals surface area contributed by atoms with E-state index in [9.17, 15) is 9.59 Å². The summed E-state index contributed by atoms with van der Waals surface area (Å²) in [7, 11) is 0. The van der Waals surface area contributed by atoms with Crippen molar-refractivity contribution in [3.63, 3.8) is 0 Å². The molecule has 8 heteroatoms. The number of amides is 1. The van der Waals surface area contributed by atoms with Gasteiger partial charge in [-0.25, -0.2) is 4.79 Å². The molecule has 2 aromatic rings. The van der Waals surface area contributed by atoms with Gasteiger partial charge in [0.2, 0.25) is 5.91 Å². The molecule has 0 aliphatic carbocycles. The predicted octanol–water partition coefficient (Wildman–Crippen LogP) is 3.05. The zero-order chi connectivity index (χ0) is 20.4. The number of nitrogens with zero attached hydrogens (tertiary/aromatic N) is 1. The van der Waals surface area contributed by atoms with Gasteiger partial charge in [-0.15, -0.1) is 23.2 Å². The molecular weight excluding hydrogens is 401 g/mol. The molecule has 6 nitrogen and oxygen atoms in total. The van der Waals surface area contributed by atoms with Crippen molar-refractivity contribution in [2.24, 2.45) is 0 Å². The van der Waals surface area contributed by atoms with Crippen LogP contribution in [0.5, 0.6) is 0 Å². The van der Waals surface area contributed by atoms with Crippen molar-refractivity contribution >= 4 is 46.0 Å². The Morgan fingerprint density at radius 3 is 2.64 bits per heavy atom. The van der Waals surface area contributed by atoms with Crippen LogP contribution in [-0.4, -0.2) is 59.3 Å². The summed E-state index contributed by atoms with van der Waals surface area (Å²) in [6.07, 6.45) is 5.19. The van der Waals surface area contributed by atoms with Crippen molar-refractivity contribution in [2.75, 3.05) is 31.5 Å². The Bertz CT molecular complexity index is 801. The van der Waals surface area contributed by atoms with Crippen LogP contribution in [0.15, 0.2) is 42.7 Å². The molecule has 2 rings (SSSR count). The largest absolute Gasteiger partial charge is 0.464 e. The first-order valence-electron chi connectivity index (χ1n) is 9.15. The number of esters is 1. The van der Waals surface area contributed by atoms with Crippen molar-refractivity contribution in [3.05, 3.63) is 48.3 Å². The van der Waals surface area contributed by atoms with Gasteiger partial charge in [-0.3, -0.25) is 4.79 Å². The molecule has 0 saturated carbocycles. The Morgan fingerprint density at radius 2 is 1.96 bits per heavy atom. The van der Waals surface area contributed by atoms with Crippen LogP contribution in [0.3, 0.4) is 0 Å². The second-order valence-electron chi connectivity index (χ2n) is 6.11. The zero-order valence-electron chi connectivity index (χ0n) is 15.8. The number of carbonyl (C=O) groups excluding carboxylic acids is 2. The highest BCUT2D eigenvalue weighted by atomic mass is 35.5. The number of halogens is 2. The number of hydrogen-bond donors (Lipinski definition) is 2. The molecule has 1 amide bonds. The number of nitrogens with one attached hydrogen (secondary N) is 2. The monoisotopic (exact) mass is 425 g/mol. The maximum Gasteiger partial charge on any atom is 0.328 e. The third kappa shape index (κ3) is 6.46. The van der Waals surface area contributed by atoms with Crippen molar-refractivity contribution in [1.82, 2.24) is 15.2 Å². The van der Waals surface area contributed by atoms with E-state index in [2.05, 4.69) is 10.3 Å². The third-order valence-corrected chi connectivity index (χ3v) is 4.50. The number of carbonyl (C=O) groups is 2. The van der Waals surface area contributed by atoms with Crippen molar-refractivity contribution < 1.29 is 14.3 Å². The highest BCUT2D eigenvalue weighted by Crippen LogP contribution is 2.19. The lowest BCUT2D eigenvalue weighted by molar-refractivity contribution is -0.146. The van der Waals surface area contributed by atoms with E-state index in [0.29, 0.717) is 31.3 Å². The Hall–Kier alpha value is -2.18. The number of para-hydroxylation sites is 1. The first kappa shape index (κ1) is 22.1. The van der Waals surface area contributed by atoms with Gasteiger partial charge in [0.15, 0.2) is 0 Å². The molecule has 0 bridgehead atoms. The fourth-order valence-corrected chi connectivity index (χ4v) is 3.26. The Labute approximate surface area is 174 Å². The second-order valence-corrected chi connectivity index (χ2v) is 6.86. The summed E-state index contributed by atoms with van der Waals surface area (Å²) in [5.74, 6) is 0.00364. The lowest BCUT2D eigenvalue weighted by atomic mass is 10.0. The standard InChI is InChI=1S/C20H25Cl2N3O3/c1-2-28-20(27)18(13-15-14-23-17-6-4-3-5-16(15)17)24-19(26)7-10-25(11-8-21)12-9-22/h3-7,10,14,18,23H,2,8-9,11-13H2,1H3,(H,24,26)/b10-7+. The normalized spacial score (nSPS) is 12.2. The summed E-state index contributed by atoms with van der Waals surface area (Å²) in [6, 6.07) is 7.02. The summed E-state index contributed by atoms with van der Waals surface area (Å²) in [5.41, 5.74) is 1.91. The first-order valence-corrected chi connectivity index (χ1v) is 10.2. The molecule has 1 aromatic heterocycles. The minimum absolute atomic E-state index is 0.244. The molecular formula is C20H25Cl2N3O3. The second kappa shape index (κ2) is 11.6. The Morgan fingerprint density at radius 1 is 1.25 bits per heavy atom. The molecule has 1 atom stereocenters. The van der Waals surface area contributed by atoms with Crippen molar-refractivity contribution in [3.8, 4) is 0 Å². The molecule has 28 heavy (non-hydrogen) atoms. The molecule has 0 aliphatic heterocycles. The van der Waals surface area contributed by atoms with E-state index in [4.69, 9.17) is 27.9 Å². The summed E-state index contributed by atoms with van der Waals surface area (Å²) < 4.78 is 5.14.